The number of hydrogen-bond acceptors (Lipinski definition) is 3. The summed E-state index contributed by atoms with van der Waals surface area (Å²) < 4.78 is 7.10. The van der Waals surface area contributed by atoms with Crippen molar-refractivity contribution in [1.29, 1.82) is 0 Å². The Morgan fingerprint density at radius 2 is 2.20 bits per heavy atom. The fourth-order valence-electron chi connectivity index (χ4n) is 2.42. The van der Waals surface area contributed by atoms with E-state index >= 15 is 0 Å². The Balaban J connectivity index is 2.02. The van der Waals surface area contributed by atoms with Crippen molar-refractivity contribution >= 4 is 11.4 Å². The standard InChI is InChI=1S/C16H20N2O2/c1-16(2,3)12-7-13(14(19)6-11-9-20-10-11)15-17-4-5-18(15)8-12/h4-5,7-8,11H,6,9-10H2,1-3H3. The van der Waals surface area contributed by atoms with Gasteiger partial charge >= 0.3 is 0 Å². The number of carbonyl (C=O) groups is 1. The SMILES string of the molecule is CC(C)(C)c1cc(C(=O)CC2COC2)c2nccn2c1. The monoisotopic (exact) mass is 272 g/mol. The number of hydrogen-bond donors (Lipinski definition) is 0. The van der Waals surface area contributed by atoms with Gasteiger partial charge in [-0.15, -0.1) is 0 Å². The maximum Gasteiger partial charge on any atom is 0.167 e. The molecule has 106 valence electrons. The third-order valence-electron chi connectivity index (χ3n) is 3.84. The van der Waals surface area contributed by atoms with Crippen molar-refractivity contribution in [2.24, 2.45) is 5.92 Å². The third kappa shape index (κ3) is 2.36. The minimum absolute atomic E-state index is 0.00701. The van der Waals surface area contributed by atoms with E-state index in [1.165, 1.54) is 0 Å². The summed E-state index contributed by atoms with van der Waals surface area (Å²) in [7, 11) is 0. The molecule has 1 aliphatic rings. The van der Waals surface area contributed by atoms with Crippen molar-refractivity contribution in [3.05, 3.63) is 35.8 Å². The van der Waals surface area contributed by atoms with Gasteiger partial charge in [-0.25, -0.2) is 4.98 Å². The number of ketones is 1. The van der Waals surface area contributed by atoms with Crippen molar-refractivity contribution in [3.63, 3.8) is 0 Å². The van der Waals surface area contributed by atoms with E-state index in [9.17, 15) is 4.79 Å². The van der Waals surface area contributed by atoms with Gasteiger partial charge in [0, 0.05) is 30.9 Å². The zero-order chi connectivity index (χ0) is 14.3. The summed E-state index contributed by atoms with van der Waals surface area (Å²) in [6.45, 7) is 7.86. The number of aromatic nitrogens is 2. The molecule has 0 aliphatic carbocycles. The summed E-state index contributed by atoms with van der Waals surface area (Å²) in [5, 5.41) is 0. The molecule has 2 aromatic heterocycles. The highest BCUT2D eigenvalue weighted by atomic mass is 16.5. The fraction of sp³-hybridized carbons (Fsp3) is 0.500. The molecular weight excluding hydrogens is 252 g/mol. The van der Waals surface area contributed by atoms with Crippen LogP contribution in [0.2, 0.25) is 0 Å². The molecule has 0 saturated carbocycles. The molecule has 0 radical (unpaired) electrons. The molecule has 0 bridgehead atoms. The maximum absolute atomic E-state index is 12.5. The van der Waals surface area contributed by atoms with E-state index in [-0.39, 0.29) is 11.2 Å². The number of fused-ring (bicyclic) bond motifs is 1. The molecule has 2 aromatic rings. The molecule has 3 heterocycles. The first kappa shape index (κ1) is 13.3. The van der Waals surface area contributed by atoms with Crippen molar-refractivity contribution < 1.29 is 9.53 Å². The third-order valence-corrected chi connectivity index (χ3v) is 3.84. The van der Waals surface area contributed by atoms with E-state index in [1.807, 2.05) is 16.7 Å². The molecule has 0 amide bonds. The van der Waals surface area contributed by atoms with Crippen molar-refractivity contribution in [1.82, 2.24) is 9.38 Å². The van der Waals surface area contributed by atoms with Crippen LogP contribution < -0.4 is 0 Å². The minimum atomic E-state index is 0.00701. The van der Waals surface area contributed by atoms with Gasteiger partial charge in [-0.3, -0.25) is 4.79 Å². The van der Waals surface area contributed by atoms with Gasteiger partial charge in [0.05, 0.1) is 18.8 Å². The lowest BCUT2D eigenvalue weighted by Crippen LogP contribution is -2.29. The van der Waals surface area contributed by atoms with Gasteiger partial charge in [0.25, 0.3) is 0 Å². The summed E-state index contributed by atoms with van der Waals surface area (Å²) >= 11 is 0. The number of pyridine rings is 1. The zero-order valence-corrected chi connectivity index (χ0v) is 12.2. The van der Waals surface area contributed by atoms with E-state index in [1.54, 1.807) is 6.20 Å². The fourth-order valence-corrected chi connectivity index (χ4v) is 2.42. The molecule has 4 nitrogen and oxygen atoms in total. The van der Waals surface area contributed by atoms with Crippen LogP contribution in [0.3, 0.4) is 0 Å². The van der Waals surface area contributed by atoms with Gasteiger partial charge in [-0.05, 0) is 17.0 Å². The van der Waals surface area contributed by atoms with Gasteiger partial charge in [-0.1, -0.05) is 20.8 Å². The number of imidazole rings is 1. The Bertz CT molecular complexity index is 648. The molecule has 3 rings (SSSR count). The smallest absolute Gasteiger partial charge is 0.167 e. The van der Waals surface area contributed by atoms with Crippen molar-refractivity contribution in [2.75, 3.05) is 13.2 Å². The van der Waals surface area contributed by atoms with E-state index in [0.29, 0.717) is 25.6 Å². The molecule has 0 N–H and O–H groups in total. The first-order valence-electron chi connectivity index (χ1n) is 7.03. The first-order chi connectivity index (χ1) is 9.45. The predicted molar refractivity (Wildman–Crippen MR) is 77.1 cm³/mol. The highest BCUT2D eigenvalue weighted by Gasteiger charge is 2.25. The largest absolute Gasteiger partial charge is 0.381 e. The molecular formula is C16H20N2O2. The highest BCUT2D eigenvalue weighted by molar-refractivity contribution is 6.01. The summed E-state index contributed by atoms with van der Waals surface area (Å²) in [4.78, 5) is 16.9. The summed E-state index contributed by atoms with van der Waals surface area (Å²) in [6.07, 6.45) is 6.25. The van der Waals surface area contributed by atoms with Crippen molar-refractivity contribution in [2.45, 2.75) is 32.6 Å². The number of nitrogens with zero attached hydrogens (tertiary/aromatic N) is 2. The van der Waals surface area contributed by atoms with Gasteiger partial charge < -0.3 is 9.14 Å². The van der Waals surface area contributed by atoms with E-state index in [4.69, 9.17) is 4.74 Å². The van der Waals surface area contributed by atoms with E-state index in [2.05, 4.69) is 32.0 Å². The second-order valence-electron chi connectivity index (χ2n) is 6.58. The average Bonchev–Trinajstić information content (AvgIpc) is 2.79. The molecule has 20 heavy (non-hydrogen) atoms. The van der Waals surface area contributed by atoms with Crippen LogP contribution in [0.25, 0.3) is 5.65 Å². The molecule has 0 spiro atoms. The normalized spacial score (nSPS) is 16.4. The Labute approximate surface area is 118 Å². The summed E-state index contributed by atoms with van der Waals surface area (Å²) in [5.41, 5.74) is 2.64. The zero-order valence-electron chi connectivity index (χ0n) is 12.2. The second kappa shape index (κ2) is 4.70. The highest BCUT2D eigenvalue weighted by Crippen LogP contribution is 2.26. The topological polar surface area (TPSA) is 43.6 Å². The first-order valence-corrected chi connectivity index (χ1v) is 7.03. The molecule has 0 aromatic carbocycles. The molecule has 1 saturated heterocycles. The Kier molecular flexibility index (Phi) is 3.13. The van der Waals surface area contributed by atoms with Crippen LogP contribution in [0, 0.1) is 5.92 Å². The maximum atomic E-state index is 12.5. The summed E-state index contributed by atoms with van der Waals surface area (Å²) in [5.74, 6) is 0.538. The second-order valence-corrected chi connectivity index (χ2v) is 6.58. The van der Waals surface area contributed by atoms with Crippen LogP contribution in [0.15, 0.2) is 24.7 Å². The average molecular weight is 272 g/mol. The van der Waals surface area contributed by atoms with Crippen molar-refractivity contribution in [3.8, 4) is 0 Å². The molecule has 1 aliphatic heterocycles. The van der Waals surface area contributed by atoms with E-state index < -0.39 is 0 Å². The van der Waals surface area contributed by atoms with Crippen LogP contribution in [0.1, 0.15) is 43.1 Å². The Morgan fingerprint density at radius 1 is 1.45 bits per heavy atom. The quantitative estimate of drug-likeness (QED) is 0.807. The summed E-state index contributed by atoms with van der Waals surface area (Å²) in [6, 6.07) is 2.00. The minimum Gasteiger partial charge on any atom is -0.381 e. The van der Waals surface area contributed by atoms with Crippen LogP contribution in [0.5, 0.6) is 0 Å². The Hall–Kier alpha value is -1.68. The van der Waals surface area contributed by atoms with Crippen LogP contribution in [-0.4, -0.2) is 28.4 Å². The lowest BCUT2D eigenvalue weighted by atomic mass is 9.86. The molecule has 4 heteroatoms. The molecule has 1 fully saturated rings. The van der Waals surface area contributed by atoms with Gasteiger partial charge in [0.1, 0.15) is 5.65 Å². The number of rotatable bonds is 3. The molecule has 0 atom stereocenters. The van der Waals surface area contributed by atoms with Crippen LogP contribution >= 0.6 is 0 Å². The van der Waals surface area contributed by atoms with Crippen LogP contribution in [-0.2, 0) is 10.2 Å². The lowest BCUT2D eigenvalue weighted by Gasteiger charge is -2.25. The predicted octanol–water partition coefficient (Wildman–Crippen LogP) is 2.85. The number of ether oxygens (including phenoxy) is 1. The van der Waals surface area contributed by atoms with Crippen LogP contribution in [0.4, 0.5) is 0 Å². The number of Topliss-reactive ketones (excluding diaryl/α,β-unsaturated/α-hetero) is 1. The van der Waals surface area contributed by atoms with E-state index in [0.717, 1.165) is 16.8 Å². The van der Waals surface area contributed by atoms with Gasteiger partial charge in [0.15, 0.2) is 5.78 Å². The number of carbonyl (C=O) groups excluding carboxylic acids is 1. The van der Waals surface area contributed by atoms with Gasteiger partial charge in [0.2, 0.25) is 0 Å². The van der Waals surface area contributed by atoms with Gasteiger partial charge in [-0.2, -0.15) is 0 Å². The molecule has 0 unspecified atom stereocenters. The Morgan fingerprint density at radius 3 is 2.80 bits per heavy atom. The lowest BCUT2D eigenvalue weighted by molar-refractivity contribution is -0.0321.